The molecule has 1 rings (SSSR count). The molecule has 0 aliphatic carbocycles. The van der Waals surface area contributed by atoms with Crippen LogP contribution < -0.4 is 0 Å². The Morgan fingerprint density at radius 1 is 1.50 bits per heavy atom. The summed E-state index contributed by atoms with van der Waals surface area (Å²) in [7, 11) is 0. The molecule has 0 saturated carbocycles. The van der Waals surface area contributed by atoms with Crippen molar-refractivity contribution < 1.29 is 0 Å². The number of halogens is 2. The maximum Gasteiger partial charge on any atom is 0.0317 e. The van der Waals surface area contributed by atoms with Crippen LogP contribution in [-0.2, 0) is 6.42 Å². The van der Waals surface area contributed by atoms with Gasteiger partial charge in [0.15, 0.2) is 0 Å². The molecule has 0 unspecified atom stereocenters. The quantitative estimate of drug-likeness (QED) is 0.564. The SMILES string of the molecule is ClCCC=CCc1sccc1Br. The van der Waals surface area contributed by atoms with E-state index in [-0.39, 0.29) is 0 Å². The minimum absolute atomic E-state index is 0.710. The first-order valence-electron chi connectivity index (χ1n) is 3.77. The van der Waals surface area contributed by atoms with Crippen molar-refractivity contribution in [2.45, 2.75) is 12.8 Å². The standard InChI is InChI=1S/C9H10BrClS/c10-8-5-7-12-9(8)4-2-1-3-6-11/h1-2,5,7H,3-4,6H2. The fraction of sp³-hybridized carbons (Fsp3) is 0.333. The van der Waals surface area contributed by atoms with E-state index in [2.05, 4.69) is 39.5 Å². The Labute approximate surface area is 90.4 Å². The average Bonchev–Trinajstić information content (AvgIpc) is 2.46. The van der Waals surface area contributed by atoms with E-state index in [0.717, 1.165) is 12.8 Å². The third kappa shape index (κ3) is 3.30. The number of rotatable bonds is 4. The van der Waals surface area contributed by atoms with Crippen LogP contribution in [0.1, 0.15) is 11.3 Å². The third-order valence-corrected chi connectivity index (χ3v) is 3.60. The van der Waals surface area contributed by atoms with Gasteiger partial charge in [-0.1, -0.05) is 12.2 Å². The summed E-state index contributed by atoms with van der Waals surface area (Å²) in [5.41, 5.74) is 0. The Morgan fingerprint density at radius 3 is 2.92 bits per heavy atom. The molecule has 0 aliphatic rings. The van der Waals surface area contributed by atoms with Gasteiger partial charge in [-0.15, -0.1) is 22.9 Å². The summed E-state index contributed by atoms with van der Waals surface area (Å²) >= 11 is 10.8. The Morgan fingerprint density at radius 2 is 2.33 bits per heavy atom. The molecule has 0 radical (unpaired) electrons. The van der Waals surface area contributed by atoms with Gasteiger partial charge >= 0.3 is 0 Å². The first-order chi connectivity index (χ1) is 5.84. The summed E-state index contributed by atoms with van der Waals surface area (Å²) in [5.74, 6) is 0.710. The van der Waals surface area contributed by atoms with E-state index in [1.807, 2.05) is 0 Å². The van der Waals surface area contributed by atoms with E-state index in [0.29, 0.717) is 5.88 Å². The maximum absolute atomic E-state index is 5.54. The Hall–Kier alpha value is 0.210. The normalized spacial score (nSPS) is 11.2. The smallest absolute Gasteiger partial charge is 0.0317 e. The zero-order chi connectivity index (χ0) is 8.81. The van der Waals surface area contributed by atoms with E-state index in [1.165, 1.54) is 9.35 Å². The highest BCUT2D eigenvalue weighted by Crippen LogP contribution is 2.23. The molecule has 3 heteroatoms. The summed E-state index contributed by atoms with van der Waals surface area (Å²) in [6.45, 7) is 0. The minimum Gasteiger partial charge on any atom is -0.147 e. The molecule has 0 nitrogen and oxygen atoms in total. The molecule has 1 heterocycles. The predicted molar refractivity (Wildman–Crippen MR) is 60.2 cm³/mol. The molecule has 0 atom stereocenters. The monoisotopic (exact) mass is 264 g/mol. The summed E-state index contributed by atoms with van der Waals surface area (Å²) in [4.78, 5) is 1.38. The molecule has 0 spiro atoms. The highest BCUT2D eigenvalue weighted by Gasteiger charge is 1.96. The van der Waals surface area contributed by atoms with Gasteiger partial charge in [0.2, 0.25) is 0 Å². The molecular formula is C9H10BrClS. The molecule has 0 aliphatic heterocycles. The van der Waals surface area contributed by atoms with Gasteiger partial charge < -0.3 is 0 Å². The van der Waals surface area contributed by atoms with E-state index < -0.39 is 0 Å². The fourth-order valence-corrected chi connectivity index (χ4v) is 2.46. The molecular weight excluding hydrogens is 256 g/mol. The van der Waals surface area contributed by atoms with Crippen LogP contribution in [0.2, 0.25) is 0 Å². The van der Waals surface area contributed by atoms with Crippen molar-refractivity contribution >= 4 is 38.9 Å². The Balaban J connectivity index is 2.37. The van der Waals surface area contributed by atoms with E-state index in [1.54, 1.807) is 11.3 Å². The molecule has 0 fully saturated rings. The van der Waals surface area contributed by atoms with Gasteiger partial charge in [-0.3, -0.25) is 0 Å². The fourth-order valence-electron chi connectivity index (χ4n) is 0.842. The van der Waals surface area contributed by atoms with Gasteiger partial charge in [-0.2, -0.15) is 0 Å². The first-order valence-corrected chi connectivity index (χ1v) is 5.98. The molecule has 0 amide bonds. The lowest BCUT2D eigenvalue weighted by Gasteiger charge is -1.90. The van der Waals surface area contributed by atoms with Crippen molar-refractivity contribution in [2.24, 2.45) is 0 Å². The maximum atomic E-state index is 5.54. The van der Waals surface area contributed by atoms with Crippen molar-refractivity contribution in [3.8, 4) is 0 Å². The van der Waals surface area contributed by atoms with Crippen LogP contribution in [0, 0.1) is 0 Å². The number of thiophene rings is 1. The van der Waals surface area contributed by atoms with Crippen molar-refractivity contribution in [2.75, 3.05) is 5.88 Å². The molecule has 1 aromatic rings. The lowest BCUT2D eigenvalue weighted by molar-refractivity contribution is 1.20. The van der Waals surface area contributed by atoms with Crippen LogP contribution in [0.25, 0.3) is 0 Å². The van der Waals surface area contributed by atoms with Gasteiger partial charge in [-0.05, 0) is 33.8 Å². The van der Waals surface area contributed by atoms with E-state index in [4.69, 9.17) is 11.6 Å². The topological polar surface area (TPSA) is 0 Å². The third-order valence-electron chi connectivity index (χ3n) is 1.44. The second-order valence-electron chi connectivity index (χ2n) is 2.34. The van der Waals surface area contributed by atoms with Gasteiger partial charge in [-0.25, -0.2) is 0 Å². The van der Waals surface area contributed by atoms with E-state index >= 15 is 0 Å². The van der Waals surface area contributed by atoms with Crippen LogP contribution >= 0.6 is 38.9 Å². The second-order valence-corrected chi connectivity index (χ2v) is 4.58. The summed E-state index contributed by atoms with van der Waals surface area (Å²) < 4.78 is 1.21. The number of hydrogen-bond acceptors (Lipinski definition) is 1. The lowest BCUT2D eigenvalue weighted by atomic mass is 10.3. The van der Waals surface area contributed by atoms with E-state index in [9.17, 15) is 0 Å². The van der Waals surface area contributed by atoms with Crippen molar-refractivity contribution in [1.82, 2.24) is 0 Å². The highest BCUT2D eigenvalue weighted by atomic mass is 79.9. The average molecular weight is 266 g/mol. The van der Waals surface area contributed by atoms with Crippen LogP contribution in [-0.4, -0.2) is 5.88 Å². The van der Waals surface area contributed by atoms with Crippen LogP contribution in [0.15, 0.2) is 28.1 Å². The highest BCUT2D eigenvalue weighted by molar-refractivity contribution is 9.10. The second kappa shape index (κ2) is 5.79. The molecule has 0 bridgehead atoms. The van der Waals surface area contributed by atoms with Crippen LogP contribution in [0.5, 0.6) is 0 Å². The van der Waals surface area contributed by atoms with Gasteiger partial charge in [0, 0.05) is 21.7 Å². The zero-order valence-corrected chi connectivity index (χ0v) is 9.75. The molecule has 0 saturated heterocycles. The van der Waals surface area contributed by atoms with Gasteiger partial charge in [0.05, 0.1) is 0 Å². The summed E-state index contributed by atoms with van der Waals surface area (Å²) in [5, 5.41) is 2.09. The van der Waals surface area contributed by atoms with Gasteiger partial charge in [0.25, 0.3) is 0 Å². The lowest BCUT2D eigenvalue weighted by Crippen LogP contribution is -1.75. The number of alkyl halides is 1. The van der Waals surface area contributed by atoms with Crippen LogP contribution in [0.4, 0.5) is 0 Å². The van der Waals surface area contributed by atoms with Crippen molar-refractivity contribution in [3.05, 3.63) is 32.9 Å². The molecule has 66 valence electrons. The number of hydrogen-bond donors (Lipinski definition) is 0. The first kappa shape index (κ1) is 10.3. The van der Waals surface area contributed by atoms with Crippen molar-refractivity contribution in [1.29, 1.82) is 0 Å². The van der Waals surface area contributed by atoms with Crippen LogP contribution in [0.3, 0.4) is 0 Å². The molecule has 0 N–H and O–H groups in total. The number of allylic oxidation sites excluding steroid dienone is 2. The largest absolute Gasteiger partial charge is 0.147 e. The molecule has 0 aromatic carbocycles. The van der Waals surface area contributed by atoms with Gasteiger partial charge in [0.1, 0.15) is 0 Å². The molecule has 1 aromatic heterocycles. The Bertz CT molecular complexity index is 255. The minimum atomic E-state index is 0.710. The summed E-state index contributed by atoms with van der Waals surface area (Å²) in [6, 6.07) is 2.08. The zero-order valence-electron chi connectivity index (χ0n) is 6.59. The Kier molecular flexibility index (Phi) is 4.96. The molecule has 12 heavy (non-hydrogen) atoms. The summed E-state index contributed by atoms with van der Waals surface area (Å²) in [6.07, 6.45) is 6.26. The van der Waals surface area contributed by atoms with Crippen molar-refractivity contribution in [3.63, 3.8) is 0 Å². The predicted octanol–water partition coefficient (Wildman–Crippen LogP) is 4.24.